The van der Waals surface area contributed by atoms with Crippen molar-refractivity contribution in [3.05, 3.63) is 53.8 Å². The predicted molar refractivity (Wildman–Crippen MR) is 95.9 cm³/mol. The maximum absolute atomic E-state index is 13.0. The summed E-state index contributed by atoms with van der Waals surface area (Å²) in [6.07, 6.45) is -1.05. The van der Waals surface area contributed by atoms with Crippen molar-refractivity contribution in [1.82, 2.24) is 5.32 Å². The van der Waals surface area contributed by atoms with Crippen LogP contribution in [0.15, 0.2) is 42.5 Å². The third kappa shape index (κ3) is 4.28. The Labute approximate surface area is 155 Å². The molecule has 8 heteroatoms. The number of nitrogens with one attached hydrogen (secondary N) is 1. The number of benzene rings is 2. The van der Waals surface area contributed by atoms with E-state index in [1.807, 2.05) is 0 Å². The van der Waals surface area contributed by atoms with E-state index < -0.39 is 12.2 Å². The second-order valence-corrected chi connectivity index (χ2v) is 5.90. The van der Waals surface area contributed by atoms with E-state index >= 15 is 0 Å². The lowest BCUT2D eigenvalue weighted by atomic mass is 10.2. The fraction of sp³-hybridized carbons (Fsp3) is 0.263. The van der Waals surface area contributed by atoms with Crippen LogP contribution in [-0.4, -0.2) is 45.4 Å². The van der Waals surface area contributed by atoms with Crippen LogP contribution in [0, 0.1) is 5.82 Å². The van der Waals surface area contributed by atoms with Gasteiger partial charge in [0.15, 0.2) is 0 Å². The Hall–Kier alpha value is -3.29. The van der Waals surface area contributed by atoms with Crippen LogP contribution in [0.2, 0.25) is 0 Å². The Balaban J connectivity index is 1.61. The van der Waals surface area contributed by atoms with E-state index in [2.05, 4.69) is 5.32 Å². The maximum atomic E-state index is 13.0. The minimum absolute atomic E-state index is 0.141. The van der Waals surface area contributed by atoms with E-state index in [4.69, 9.17) is 14.2 Å². The highest BCUT2D eigenvalue weighted by atomic mass is 19.1. The summed E-state index contributed by atoms with van der Waals surface area (Å²) in [6, 6.07) is 10.4. The predicted octanol–water partition coefficient (Wildman–Crippen LogP) is 2.60. The number of nitrogens with zero attached hydrogens (tertiary/aromatic N) is 1. The van der Waals surface area contributed by atoms with E-state index in [9.17, 15) is 14.0 Å². The molecule has 1 saturated heterocycles. The lowest BCUT2D eigenvalue weighted by molar-refractivity contribution is 0.0915. The van der Waals surface area contributed by atoms with Crippen LogP contribution in [0.4, 0.5) is 14.9 Å². The zero-order valence-electron chi connectivity index (χ0n) is 14.9. The van der Waals surface area contributed by atoms with Gasteiger partial charge in [-0.3, -0.25) is 9.69 Å². The van der Waals surface area contributed by atoms with Crippen molar-refractivity contribution in [2.24, 2.45) is 0 Å². The molecule has 1 N–H and O–H groups in total. The average Bonchev–Trinajstić information content (AvgIpc) is 3.06. The molecule has 1 unspecified atom stereocenters. The molecular formula is C19H19FN2O5. The lowest BCUT2D eigenvalue weighted by Crippen LogP contribution is -2.34. The summed E-state index contributed by atoms with van der Waals surface area (Å²) in [5.74, 6) is 0.260. The molecule has 0 bridgehead atoms. The van der Waals surface area contributed by atoms with Crippen LogP contribution in [0.1, 0.15) is 10.4 Å². The van der Waals surface area contributed by atoms with E-state index in [0.717, 1.165) is 0 Å². The molecular weight excluding hydrogens is 355 g/mol. The molecule has 0 spiro atoms. The van der Waals surface area contributed by atoms with Gasteiger partial charge in [-0.1, -0.05) is 0 Å². The first-order valence-electron chi connectivity index (χ1n) is 8.25. The molecule has 142 valence electrons. The average molecular weight is 374 g/mol. The number of carbonyl (C=O) groups excluding carboxylic acids is 2. The van der Waals surface area contributed by atoms with E-state index in [1.54, 1.807) is 18.2 Å². The molecule has 2 amide bonds. The Morgan fingerprint density at radius 1 is 1.19 bits per heavy atom. The van der Waals surface area contributed by atoms with Crippen molar-refractivity contribution < 1.29 is 28.2 Å². The first-order valence-corrected chi connectivity index (χ1v) is 8.25. The summed E-state index contributed by atoms with van der Waals surface area (Å²) in [6.45, 7) is 0.397. The third-order valence-electron chi connectivity index (χ3n) is 4.12. The molecule has 2 aromatic carbocycles. The first kappa shape index (κ1) is 18.5. The Morgan fingerprint density at radius 3 is 2.41 bits per heavy atom. The van der Waals surface area contributed by atoms with Crippen LogP contribution >= 0.6 is 0 Å². The number of hydrogen-bond donors (Lipinski definition) is 1. The molecule has 0 saturated carbocycles. The van der Waals surface area contributed by atoms with Crippen molar-refractivity contribution in [1.29, 1.82) is 0 Å². The molecule has 0 aromatic heterocycles. The van der Waals surface area contributed by atoms with E-state index in [0.29, 0.717) is 22.7 Å². The van der Waals surface area contributed by atoms with Crippen LogP contribution < -0.4 is 19.7 Å². The topological polar surface area (TPSA) is 77.1 Å². The maximum Gasteiger partial charge on any atom is 0.414 e. The van der Waals surface area contributed by atoms with Gasteiger partial charge in [0, 0.05) is 17.3 Å². The van der Waals surface area contributed by atoms with Gasteiger partial charge in [0.05, 0.1) is 27.3 Å². The zero-order chi connectivity index (χ0) is 19.4. The SMILES string of the molecule is COc1cc(OC)cc(C(=O)NCC2CN(c3ccc(F)cc3)C(=O)O2)c1. The standard InChI is InChI=1S/C19H19FN2O5/c1-25-15-7-12(8-16(9-15)26-2)18(23)21-10-17-11-22(19(24)27-17)14-5-3-13(20)4-6-14/h3-9,17H,10-11H2,1-2H3,(H,21,23). The van der Waals surface area contributed by atoms with Gasteiger partial charge in [-0.2, -0.15) is 0 Å². The first-order chi connectivity index (χ1) is 13.0. The number of hydrogen-bond acceptors (Lipinski definition) is 5. The lowest BCUT2D eigenvalue weighted by Gasteiger charge is -2.13. The number of methoxy groups -OCH3 is 2. The van der Waals surface area contributed by atoms with Gasteiger partial charge in [-0.15, -0.1) is 0 Å². The molecule has 1 fully saturated rings. The van der Waals surface area contributed by atoms with Gasteiger partial charge in [0.25, 0.3) is 5.91 Å². The number of anilines is 1. The molecule has 0 aliphatic carbocycles. The highest BCUT2D eigenvalue weighted by molar-refractivity contribution is 5.95. The smallest absolute Gasteiger partial charge is 0.414 e. The molecule has 0 radical (unpaired) electrons. The number of halogens is 1. The minimum Gasteiger partial charge on any atom is -0.497 e. The van der Waals surface area contributed by atoms with Gasteiger partial charge in [0.2, 0.25) is 0 Å². The summed E-state index contributed by atoms with van der Waals surface area (Å²) in [5, 5.41) is 2.73. The Bertz CT molecular complexity index is 818. The second kappa shape index (κ2) is 7.94. The number of rotatable bonds is 6. The van der Waals surface area contributed by atoms with Crippen molar-refractivity contribution in [3.63, 3.8) is 0 Å². The van der Waals surface area contributed by atoms with Crippen LogP contribution in [0.25, 0.3) is 0 Å². The normalized spacial score (nSPS) is 16.0. The van der Waals surface area contributed by atoms with Crippen molar-refractivity contribution in [2.75, 3.05) is 32.2 Å². The van der Waals surface area contributed by atoms with Gasteiger partial charge >= 0.3 is 6.09 Å². The fourth-order valence-electron chi connectivity index (χ4n) is 2.71. The Morgan fingerprint density at radius 2 is 1.81 bits per heavy atom. The van der Waals surface area contributed by atoms with Crippen LogP contribution in [0.5, 0.6) is 11.5 Å². The fourth-order valence-corrected chi connectivity index (χ4v) is 2.71. The largest absolute Gasteiger partial charge is 0.497 e. The summed E-state index contributed by atoms with van der Waals surface area (Å²) >= 11 is 0. The summed E-state index contributed by atoms with van der Waals surface area (Å²) in [4.78, 5) is 25.8. The van der Waals surface area contributed by atoms with E-state index in [-0.39, 0.29) is 24.8 Å². The summed E-state index contributed by atoms with van der Waals surface area (Å²) < 4.78 is 28.6. The molecule has 1 heterocycles. The Kier molecular flexibility index (Phi) is 5.44. The highest BCUT2D eigenvalue weighted by Crippen LogP contribution is 2.23. The summed E-state index contributed by atoms with van der Waals surface area (Å²) in [7, 11) is 3.00. The number of ether oxygens (including phenoxy) is 3. The minimum atomic E-state index is -0.538. The highest BCUT2D eigenvalue weighted by Gasteiger charge is 2.32. The third-order valence-corrected chi connectivity index (χ3v) is 4.12. The molecule has 1 aliphatic heterocycles. The van der Waals surface area contributed by atoms with Crippen LogP contribution in [0.3, 0.4) is 0 Å². The molecule has 7 nitrogen and oxygen atoms in total. The zero-order valence-corrected chi connectivity index (χ0v) is 14.9. The number of amides is 2. The molecule has 3 rings (SSSR count). The quantitative estimate of drug-likeness (QED) is 0.841. The van der Waals surface area contributed by atoms with Crippen molar-refractivity contribution in [3.8, 4) is 11.5 Å². The van der Waals surface area contributed by atoms with Gasteiger partial charge in [0.1, 0.15) is 23.4 Å². The van der Waals surface area contributed by atoms with Gasteiger partial charge < -0.3 is 19.5 Å². The molecule has 27 heavy (non-hydrogen) atoms. The summed E-state index contributed by atoms with van der Waals surface area (Å²) in [5.41, 5.74) is 0.902. The van der Waals surface area contributed by atoms with E-state index in [1.165, 1.54) is 43.4 Å². The van der Waals surface area contributed by atoms with Gasteiger partial charge in [-0.05, 0) is 36.4 Å². The molecule has 1 aliphatic rings. The van der Waals surface area contributed by atoms with Crippen molar-refractivity contribution in [2.45, 2.75) is 6.10 Å². The monoisotopic (exact) mass is 374 g/mol. The van der Waals surface area contributed by atoms with Crippen LogP contribution in [-0.2, 0) is 4.74 Å². The second-order valence-electron chi connectivity index (χ2n) is 5.90. The molecule has 1 atom stereocenters. The number of cyclic esters (lactones) is 1. The van der Waals surface area contributed by atoms with Gasteiger partial charge in [-0.25, -0.2) is 9.18 Å². The molecule has 2 aromatic rings. The number of carbonyl (C=O) groups is 2. The van der Waals surface area contributed by atoms with Crippen molar-refractivity contribution >= 4 is 17.7 Å².